The van der Waals surface area contributed by atoms with Crippen molar-refractivity contribution in [2.24, 2.45) is 11.3 Å². The molecule has 0 heterocycles. The largest absolute Gasteiger partial charge is 0.395 e. The fourth-order valence-electron chi connectivity index (χ4n) is 2.93. The summed E-state index contributed by atoms with van der Waals surface area (Å²) in [6.07, 6.45) is 3.83. The summed E-state index contributed by atoms with van der Waals surface area (Å²) in [6, 6.07) is 0.831. The van der Waals surface area contributed by atoms with E-state index in [4.69, 9.17) is 5.11 Å². The lowest BCUT2D eigenvalue weighted by molar-refractivity contribution is 0.135. The van der Waals surface area contributed by atoms with Crippen LogP contribution in [0.5, 0.6) is 0 Å². The number of hydrogen-bond acceptors (Lipinski definition) is 2. The van der Waals surface area contributed by atoms with E-state index in [9.17, 15) is 0 Å². The highest BCUT2D eigenvalue weighted by molar-refractivity contribution is 4.87. The lowest BCUT2D eigenvalue weighted by Crippen LogP contribution is -2.45. The molecule has 0 saturated heterocycles. The quantitative estimate of drug-likeness (QED) is 0.730. The molecule has 0 aliphatic heterocycles. The molecule has 0 amide bonds. The summed E-state index contributed by atoms with van der Waals surface area (Å²) >= 11 is 0. The molecule has 2 nitrogen and oxygen atoms in total. The fourth-order valence-corrected chi connectivity index (χ4v) is 2.93. The first kappa shape index (κ1) is 12.0. The molecule has 0 aromatic rings. The van der Waals surface area contributed by atoms with Crippen LogP contribution in [0.15, 0.2) is 0 Å². The standard InChI is InChI=1S/C12H25NO/c1-9-5-11(13-10(2)8-14)7-12(3,4)6-9/h9-11,13-14H,5-8H2,1-4H3/t9-,10-,11+/m0/s1. The minimum absolute atomic E-state index is 0.237. The number of rotatable bonds is 3. The maximum atomic E-state index is 9.00. The third-order valence-electron chi connectivity index (χ3n) is 3.18. The summed E-state index contributed by atoms with van der Waals surface area (Å²) in [6.45, 7) is 9.32. The van der Waals surface area contributed by atoms with Crippen LogP contribution in [0.25, 0.3) is 0 Å². The van der Waals surface area contributed by atoms with E-state index in [0.717, 1.165) is 5.92 Å². The molecular formula is C12H25NO. The molecule has 1 fully saturated rings. The molecular weight excluding hydrogens is 174 g/mol. The molecule has 1 aliphatic rings. The van der Waals surface area contributed by atoms with E-state index >= 15 is 0 Å². The first-order valence-corrected chi connectivity index (χ1v) is 5.80. The second-order valence-corrected chi connectivity index (χ2v) is 5.86. The van der Waals surface area contributed by atoms with Gasteiger partial charge in [0.25, 0.3) is 0 Å². The monoisotopic (exact) mass is 199 g/mol. The van der Waals surface area contributed by atoms with Crippen LogP contribution in [-0.4, -0.2) is 23.8 Å². The number of hydrogen-bond donors (Lipinski definition) is 2. The molecule has 0 radical (unpaired) electrons. The third-order valence-corrected chi connectivity index (χ3v) is 3.18. The number of aliphatic hydroxyl groups is 1. The van der Waals surface area contributed by atoms with Crippen molar-refractivity contribution in [3.8, 4) is 0 Å². The maximum absolute atomic E-state index is 9.00. The molecule has 1 aliphatic carbocycles. The highest BCUT2D eigenvalue weighted by Crippen LogP contribution is 2.38. The second kappa shape index (κ2) is 4.63. The number of aliphatic hydroxyl groups excluding tert-OH is 1. The van der Waals surface area contributed by atoms with E-state index in [2.05, 4.69) is 26.1 Å². The Balaban J connectivity index is 2.45. The summed E-state index contributed by atoms with van der Waals surface area (Å²) < 4.78 is 0. The van der Waals surface area contributed by atoms with Crippen LogP contribution in [0.2, 0.25) is 0 Å². The van der Waals surface area contributed by atoms with Crippen molar-refractivity contribution in [3.63, 3.8) is 0 Å². The molecule has 3 atom stereocenters. The van der Waals surface area contributed by atoms with Crippen LogP contribution in [0.4, 0.5) is 0 Å². The Bertz CT molecular complexity index is 179. The smallest absolute Gasteiger partial charge is 0.0582 e. The van der Waals surface area contributed by atoms with Gasteiger partial charge in [0, 0.05) is 12.1 Å². The minimum atomic E-state index is 0.237. The van der Waals surface area contributed by atoms with Crippen LogP contribution < -0.4 is 5.32 Å². The Kier molecular flexibility index (Phi) is 3.96. The van der Waals surface area contributed by atoms with Crippen LogP contribution in [0, 0.1) is 11.3 Å². The Labute approximate surface area is 88.1 Å². The molecule has 0 aromatic carbocycles. The van der Waals surface area contributed by atoms with Gasteiger partial charge in [0.2, 0.25) is 0 Å². The summed E-state index contributed by atoms with van der Waals surface area (Å²) in [5, 5.41) is 12.5. The molecule has 0 aromatic heterocycles. The van der Waals surface area contributed by atoms with Gasteiger partial charge in [-0.05, 0) is 37.5 Å². The van der Waals surface area contributed by atoms with Crippen LogP contribution >= 0.6 is 0 Å². The van der Waals surface area contributed by atoms with Gasteiger partial charge >= 0.3 is 0 Å². The van der Waals surface area contributed by atoms with E-state index in [1.807, 2.05) is 6.92 Å². The molecule has 2 N–H and O–H groups in total. The van der Waals surface area contributed by atoms with Crippen LogP contribution in [-0.2, 0) is 0 Å². The van der Waals surface area contributed by atoms with Crippen molar-refractivity contribution in [2.45, 2.75) is 59.0 Å². The van der Waals surface area contributed by atoms with Crippen LogP contribution in [0.3, 0.4) is 0 Å². The summed E-state index contributed by atoms with van der Waals surface area (Å²) in [5.74, 6) is 0.808. The Morgan fingerprint density at radius 1 is 1.43 bits per heavy atom. The maximum Gasteiger partial charge on any atom is 0.0582 e. The predicted octanol–water partition coefficient (Wildman–Crippen LogP) is 2.17. The third kappa shape index (κ3) is 3.58. The van der Waals surface area contributed by atoms with Gasteiger partial charge in [0.1, 0.15) is 0 Å². The average Bonchev–Trinajstić information content (AvgIpc) is 1.99. The molecule has 84 valence electrons. The molecule has 14 heavy (non-hydrogen) atoms. The zero-order valence-electron chi connectivity index (χ0n) is 10.0. The van der Waals surface area contributed by atoms with E-state index in [1.165, 1.54) is 19.3 Å². The van der Waals surface area contributed by atoms with Crippen molar-refractivity contribution >= 4 is 0 Å². The van der Waals surface area contributed by atoms with Gasteiger partial charge in [-0.1, -0.05) is 20.8 Å². The van der Waals surface area contributed by atoms with E-state index in [-0.39, 0.29) is 12.6 Å². The Morgan fingerprint density at radius 3 is 2.57 bits per heavy atom. The lowest BCUT2D eigenvalue weighted by Gasteiger charge is -2.40. The second-order valence-electron chi connectivity index (χ2n) is 5.86. The van der Waals surface area contributed by atoms with Crippen molar-refractivity contribution in [3.05, 3.63) is 0 Å². The van der Waals surface area contributed by atoms with Gasteiger partial charge in [-0.25, -0.2) is 0 Å². The predicted molar refractivity (Wildman–Crippen MR) is 60.3 cm³/mol. The van der Waals surface area contributed by atoms with Gasteiger partial charge in [-0.15, -0.1) is 0 Å². The van der Waals surface area contributed by atoms with Crippen LogP contribution in [0.1, 0.15) is 47.0 Å². The zero-order valence-corrected chi connectivity index (χ0v) is 10.0. The van der Waals surface area contributed by atoms with E-state index in [0.29, 0.717) is 11.5 Å². The van der Waals surface area contributed by atoms with Gasteiger partial charge in [0.05, 0.1) is 6.61 Å². The zero-order chi connectivity index (χ0) is 10.8. The van der Waals surface area contributed by atoms with Crippen molar-refractivity contribution in [2.75, 3.05) is 6.61 Å². The van der Waals surface area contributed by atoms with E-state index < -0.39 is 0 Å². The summed E-state index contributed by atoms with van der Waals surface area (Å²) in [4.78, 5) is 0. The highest BCUT2D eigenvalue weighted by Gasteiger charge is 2.32. The van der Waals surface area contributed by atoms with Gasteiger partial charge in [-0.3, -0.25) is 0 Å². The lowest BCUT2D eigenvalue weighted by atomic mass is 9.70. The molecule has 0 unspecified atom stereocenters. The molecule has 1 saturated carbocycles. The highest BCUT2D eigenvalue weighted by atomic mass is 16.3. The summed E-state index contributed by atoms with van der Waals surface area (Å²) in [7, 11) is 0. The fraction of sp³-hybridized carbons (Fsp3) is 1.00. The van der Waals surface area contributed by atoms with Gasteiger partial charge < -0.3 is 10.4 Å². The number of nitrogens with one attached hydrogen (secondary N) is 1. The van der Waals surface area contributed by atoms with E-state index in [1.54, 1.807) is 0 Å². The SMILES string of the molecule is C[C@H]1C[C@@H](N[C@@H](C)CO)CC(C)(C)C1. The molecule has 0 spiro atoms. The molecule has 1 rings (SSSR count). The van der Waals surface area contributed by atoms with Crippen molar-refractivity contribution in [1.29, 1.82) is 0 Å². The average molecular weight is 199 g/mol. The van der Waals surface area contributed by atoms with Crippen molar-refractivity contribution in [1.82, 2.24) is 5.32 Å². The van der Waals surface area contributed by atoms with Gasteiger partial charge in [0.15, 0.2) is 0 Å². The Morgan fingerprint density at radius 2 is 2.07 bits per heavy atom. The normalized spacial score (nSPS) is 34.1. The molecule has 0 bridgehead atoms. The van der Waals surface area contributed by atoms with Crippen molar-refractivity contribution < 1.29 is 5.11 Å². The summed E-state index contributed by atoms with van der Waals surface area (Å²) in [5.41, 5.74) is 0.463. The molecule has 2 heteroatoms. The first-order valence-electron chi connectivity index (χ1n) is 5.80. The Hall–Kier alpha value is -0.0800. The topological polar surface area (TPSA) is 32.3 Å². The van der Waals surface area contributed by atoms with Gasteiger partial charge in [-0.2, -0.15) is 0 Å². The first-order chi connectivity index (χ1) is 6.43. The minimum Gasteiger partial charge on any atom is -0.395 e.